The fraction of sp³-hybridized carbons (Fsp3) is 0.200. The number of anilines is 1. The highest BCUT2D eigenvalue weighted by molar-refractivity contribution is 5.93. The first-order valence-corrected chi connectivity index (χ1v) is 8.73. The number of nitrogens with one attached hydrogen (secondary N) is 3. The molecule has 0 unspecified atom stereocenters. The number of benzene rings is 1. The minimum atomic E-state index is -0.455. The molecule has 3 N–H and O–H groups in total. The van der Waals surface area contributed by atoms with Crippen LogP contribution in [0, 0.1) is 6.92 Å². The Labute approximate surface area is 156 Å². The lowest BCUT2D eigenvalue weighted by atomic mass is 10.2. The van der Waals surface area contributed by atoms with Gasteiger partial charge < -0.3 is 15.6 Å². The Morgan fingerprint density at radius 3 is 2.56 bits per heavy atom. The monoisotopic (exact) mass is 363 g/mol. The van der Waals surface area contributed by atoms with Crippen LogP contribution in [-0.4, -0.2) is 33.9 Å². The predicted molar refractivity (Wildman–Crippen MR) is 105 cm³/mol. The molecule has 138 valence electrons. The highest BCUT2D eigenvalue weighted by atomic mass is 16.2. The zero-order chi connectivity index (χ0) is 19.1. The third-order valence-electron chi connectivity index (χ3n) is 3.95. The number of rotatable bonds is 7. The molecule has 1 amide bonds. The lowest BCUT2D eigenvalue weighted by molar-refractivity contribution is 0.0951. The number of H-pyrrole nitrogens is 1. The molecular weight excluding hydrogens is 342 g/mol. The SMILES string of the molecule is Cc1ccc(NCCCNC(=O)c2cnc(-c3ccccc3)[nH]c2=O)nc1. The van der Waals surface area contributed by atoms with Crippen LogP contribution in [0.2, 0.25) is 0 Å². The lowest BCUT2D eigenvalue weighted by Crippen LogP contribution is -2.31. The second-order valence-corrected chi connectivity index (χ2v) is 6.10. The molecule has 27 heavy (non-hydrogen) atoms. The average molecular weight is 363 g/mol. The first-order chi connectivity index (χ1) is 13.1. The summed E-state index contributed by atoms with van der Waals surface area (Å²) in [5, 5.41) is 5.91. The predicted octanol–water partition coefficient (Wildman–Crippen LogP) is 2.37. The van der Waals surface area contributed by atoms with Crippen LogP contribution in [0.1, 0.15) is 22.3 Å². The third-order valence-corrected chi connectivity index (χ3v) is 3.95. The van der Waals surface area contributed by atoms with Crippen molar-refractivity contribution in [1.82, 2.24) is 20.3 Å². The van der Waals surface area contributed by atoms with Crippen LogP contribution in [0.4, 0.5) is 5.82 Å². The summed E-state index contributed by atoms with van der Waals surface area (Å²) in [6.07, 6.45) is 3.81. The normalized spacial score (nSPS) is 10.4. The molecule has 2 aromatic heterocycles. The smallest absolute Gasteiger partial charge is 0.264 e. The Kier molecular flexibility index (Phi) is 5.94. The van der Waals surface area contributed by atoms with E-state index in [0.717, 1.165) is 16.9 Å². The fourth-order valence-corrected chi connectivity index (χ4v) is 2.47. The van der Waals surface area contributed by atoms with Gasteiger partial charge in [-0.05, 0) is 25.0 Å². The number of carbonyl (C=O) groups excluding carboxylic acids is 1. The summed E-state index contributed by atoms with van der Waals surface area (Å²) in [5.41, 5.74) is 1.44. The molecule has 7 heteroatoms. The van der Waals surface area contributed by atoms with E-state index in [1.165, 1.54) is 6.20 Å². The molecule has 0 atom stereocenters. The zero-order valence-corrected chi connectivity index (χ0v) is 15.0. The number of amides is 1. The Bertz CT molecular complexity index is 952. The van der Waals surface area contributed by atoms with E-state index in [-0.39, 0.29) is 5.56 Å². The molecule has 1 aromatic carbocycles. The van der Waals surface area contributed by atoms with Gasteiger partial charge in [-0.25, -0.2) is 9.97 Å². The first kappa shape index (κ1) is 18.3. The highest BCUT2D eigenvalue weighted by Crippen LogP contribution is 2.11. The molecule has 3 rings (SSSR count). The summed E-state index contributed by atoms with van der Waals surface area (Å²) < 4.78 is 0. The molecule has 0 aliphatic rings. The molecule has 0 aliphatic heterocycles. The van der Waals surface area contributed by atoms with Crippen molar-refractivity contribution in [2.24, 2.45) is 0 Å². The van der Waals surface area contributed by atoms with Crippen LogP contribution in [0.25, 0.3) is 11.4 Å². The van der Waals surface area contributed by atoms with Gasteiger partial charge in [0.15, 0.2) is 0 Å². The number of hydrogen-bond acceptors (Lipinski definition) is 5. The molecule has 7 nitrogen and oxygen atoms in total. The number of nitrogens with zero attached hydrogens (tertiary/aromatic N) is 2. The molecular formula is C20H21N5O2. The summed E-state index contributed by atoms with van der Waals surface area (Å²) >= 11 is 0. The quantitative estimate of drug-likeness (QED) is 0.560. The van der Waals surface area contributed by atoms with Gasteiger partial charge in [-0.2, -0.15) is 0 Å². The molecule has 0 saturated carbocycles. The lowest BCUT2D eigenvalue weighted by Gasteiger charge is -2.07. The van der Waals surface area contributed by atoms with Gasteiger partial charge in [0.1, 0.15) is 17.2 Å². The molecule has 0 spiro atoms. The zero-order valence-electron chi connectivity index (χ0n) is 15.0. The number of carbonyl (C=O) groups is 1. The first-order valence-electron chi connectivity index (χ1n) is 8.73. The van der Waals surface area contributed by atoms with Gasteiger partial charge in [0.05, 0.1) is 0 Å². The van der Waals surface area contributed by atoms with E-state index in [4.69, 9.17) is 0 Å². The van der Waals surface area contributed by atoms with Gasteiger partial charge in [0, 0.05) is 31.0 Å². The summed E-state index contributed by atoms with van der Waals surface area (Å²) in [6, 6.07) is 13.2. The number of aryl methyl sites for hydroxylation is 1. The summed E-state index contributed by atoms with van der Waals surface area (Å²) in [5.74, 6) is 0.799. The van der Waals surface area contributed by atoms with Gasteiger partial charge in [-0.3, -0.25) is 9.59 Å². The van der Waals surface area contributed by atoms with E-state index >= 15 is 0 Å². The van der Waals surface area contributed by atoms with E-state index in [2.05, 4.69) is 25.6 Å². The maximum absolute atomic E-state index is 12.2. The van der Waals surface area contributed by atoms with Crippen LogP contribution in [0.3, 0.4) is 0 Å². The van der Waals surface area contributed by atoms with Crippen molar-refractivity contribution in [3.05, 3.63) is 76.3 Å². The second-order valence-electron chi connectivity index (χ2n) is 6.10. The Balaban J connectivity index is 1.49. The van der Waals surface area contributed by atoms with Crippen molar-refractivity contribution in [2.75, 3.05) is 18.4 Å². The molecule has 0 radical (unpaired) electrons. The topological polar surface area (TPSA) is 99.8 Å². The Morgan fingerprint density at radius 1 is 1.04 bits per heavy atom. The van der Waals surface area contributed by atoms with Crippen molar-refractivity contribution in [3.63, 3.8) is 0 Å². The standard InChI is InChI=1S/C20H21N5O2/c1-14-8-9-17(23-12-14)21-10-5-11-22-19(26)16-13-24-18(25-20(16)27)15-6-3-2-4-7-15/h2-4,6-9,12-13H,5,10-11H2,1H3,(H,21,23)(H,22,26)(H,24,25,27). The van der Waals surface area contributed by atoms with Gasteiger partial charge >= 0.3 is 0 Å². The van der Waals surface area contributed by atoms with E-state index < -0.39 is 11.5 Å². The average Bonchev–Trinajstić information content (AvgIpc) is 2.69. The highest BCUT2D eigenvalue weighted by Gasteiger charge is 2.11. The molecule has 0 bridgehead atoms. The largest absolute Gasteiger partial charge is 0.370 e. The van der Waals surface area contributed by atoms with E-state index in [1.807, 2.05) is 49.4 Å². The molecule has 2 heterocycles. The van der Waals surface area contributed by atoms with Gasteiger partial charge in [0.25, 0.3) is 11.5 Å². The van der Waals surface area contributed by atoms with Crippen molar-refractivity contribution >= 4 is 11.7 Å². The van der Waals surface area contributed by atoms with Crippen LogP contribution < -0.4 is 16.2 Å². The third kappa shape index (κ3) is 5.01. The maximum atomic E-state index is 12.2. The van der Waals surface area contributed by atoms with Gasteiger partial charge in [-0.15, -0.1) is 0 Å². The van der Waals surface area contributed by atoms with E-state index in [1.54, 1.807) is 6.20 Å². The fourth-order valence-electron chi connectivity index (χ4n) is 2.47. The minimum Gasteiger partial charge on any atom is -0.370 e. The maximum Gasteiger partial charge on any atom is 0.264 e. The van der Waals surface area contributed by atoms with Crippen LogP contribution in [-0.2, 0) is 0 Å². The van der Waals surface area contributed by atoms with Crippen molar-refractivity contribution in [1.29, 1.82) is 0 Å². The summed E-state index contributed by atoms with van der Waals surface area (Å²) in [6.45, 7) is 3.09. The van der Waals surface area contributed by atoms with Crippen molar-refractivity contribution in [3.8, 4) is 11.4 Å². The molecule has 0 saturated heterocycles. The Morgan fingerprint density at radius 2 is 1.85 bits per heavy atom. The van der Waals surface area contributed by atoms with Crippen LogP contribution in [0.5, 0.6) is 0 Å². The Hall–Kier alpha value is -3.48. The minimum absolute atomic E-state index is 0.00263. The van der Waals surface area contributed by atoms with Gasteiger partial charge in [0.2, 0.25) is 0 Å². The van der Waals surface area contributed by atoms with Crippen LogP contribution >= 0.6 is 0 Å². The van der Waals surface area contributed by atoms with Crippen molar-refractivity contribution in [2.45, 2.75) is 13.3 Å². The van der Waals surface area contributed by atoms with Crippen molar-refractivity contribution < 1.29 is 4.79 Å². The molecule has 0 aliphatic carbocycles. The number of hydrogen-bond donors (Lipinski definition) is 3. The molecule has 3 aromatic rings. The summed E-state index contributed by atoms with van der Waals surface area (Å²) in [4.78, 5) is 35.4. The summed E-state index contributed by atoms with van der Waals surface area (Å²) in [7, 11) is 0. The van der Waals surface area contributed by atoms with E-state index in [9.17, 15) is 9.59 Å². The number of aromatic amines is 1. The number of aromatic nitrogens is 3. The van der Waals surface area contributed by atoms with Gasteiger partial charge in [-0.1, -0.05) is 36.4 Å². The van der Waals surface area contributed by atoms with E-state index in [0.29, 0.717) is 25.3 Å². The molecule has 0 fully saturated rings. The van der Waals surface area contributed by atoms with Crippen LogP contribution in [0.15, 0.2) is 59.7 Å². The number of pyridine rings is 1. The second kappa shape index (κ2) is 8.75.